The fourth-order valence-electron chi connectivity index (χ4n) is 7.02. The second-order valence-corrected chi connectivity index (χ2v) is 12.9. The van der Waals surface area contributed by atoms with Crippen LogP contribution in [0.1, 0.15) is 110 Å². The average Bonchev–Trinajstić information content (AvgIpc) is 2.98. The van der Waals surface area contributed by atoms with E-state index in [0.29, 0.717) is 22.6 Å². The molecule has 0 radical (unpaired) electrons. The molecule has 0 aromatic heterocycles. The van der Waals surface area contributed by atoms with E-state index >= 15 is 0 Å². The van der Waals surface area contributed by atoms with Gasteiger partial charge in [-0.1, -0.05) is 0 Å². The summed E-state index contributed by atoms with van der Waals surface area (Å²) in [6.07, 6.45) is 0. The third kappa shape index (κ3) is 4.83. The van der Waals surface area contributed by atoms with Gasteiger partial charge in [0, 0.05) is 11.1 Å². The van der Waals surface area contributed by atoms with Gasteiger partial charge in [0.2, 0.25) is 0 Å². The van der Waals surface area contributed by atoms with Crippen molar-refractivity contribution in [3.05, 3.63) is 100 Å². The summed E-state index contributed by atoms with van der Waals surface area (Å²) in [5.41, 5.74) is 17.6. The largest absolute Gasteiger partial charge is 0.422 e. The maximum absolute atomic E-state index is 13.8. The molecule has 4 nitrogen and oxygen atoms in total. The predicted octanol–water partition coefficient (Wildman–Crippen LogP) is 10.2. The standard InChI is InChI=1S/C40H48O4/c1-17-19(3)23(7)35(24(8)20(17)4)39(41)43-37-29(13)27(11)34-32(16)38(30(14)28(12)33(34)31(37)15)44-40(42)36-25(9)21(5)18(2)22(6)26(36)10/h1-16H3. The van der Waals surface area contributed by atoms with Gasteiger partial charge in [-0.25, -0.2) is 9.59 Å². The molecule has 0 fully saturated rings. The van der Waals surface area contributed by atoms with Crippen molar-refractivity contribution < 1.29 is 19.1 Å². The molecule has 4 heteroatoms. The topological polar surface area (TPSA) is 52.6 Å². The van der Waals surface area contributed by atoms with Crippen LogP contribution in [-0.4, -0.2) is 11.9 Å². The maximum atomic E-state index is 13.8. The van der Waals surface area contributed by atoms with Crippen molar-refractivity contribution in [3.8, 4) is 11.5 Å². The Hall–Kier alpha value is -3.92. The number of fused-ring (bicyclic) bond motifs is 1. The van der Waals surface area contributed by atoms with Gasteiger partial charge in [0.25, 0.3) is 0 Å². The lowest BCUT2D eigenvalue weighted by Crippen LogP contribution is -2.17. The molecule has 0 bridgehead atoms. The molecule has 0 atom stereocenters. The molecule has 0 saturated carbocycles. The zero-order valence-electron chi connectivity index (χ0n) is 29.6. The van der Waals surface area contributed by atoms with E-state index in [0.717, 1.165) is 88.7 Å². The Kier molecular flexibility index (Phi) is 8.65. The van der Waals surface area contributed by atoms with Crippen molar-refractivity contribution in [1.82, 2.24) is 0 Å². The number of hydrogen-bond donors (Lipinski definition) is 0. The number of rotatable bonds is 4. The molecule has 44 heavy (non-hydrogen) atoms. The van der Waals surface area contributed by atoms with Gasteiger partial charge in [0.05, 0.1) is 11.1 Å². The highest BCUT2D eigenvalue weighted by Gasteiger charge is 2.27. The van der Waals surface area contributed by atoms with Crippen LogP contribution in [0, 0.1) is 111 Å². The lowest BCUT2D eigenvalue weighted by molar-refractivity contribution is 0.0720. The van der Waals surface area contributed by atoms with Crippen molar-refractivity contribution in [2.45, 2.75) is 111 Å². The van der Waals surface area contributed by atoms with Gasteiger partial charge in [-0.05, 0) is 199 Å². The van der Waals surface area contributed by atoms with Crippen LogP contribution < -0.4 is 9.47 Å². The van der Waals surface area contributed by atoms with E-state index in [4.69, 9.17) is 9.47 Å². The molecule has 4 rings (SSSR count). The zero-order valence-corrected chi connectivity index (χ0v) is 29.6. The average molecular weight is 593 g/mol. The van der Waals surface area contributed by atoms with Crippen LogP contribution in [0.3, 0.4) is 0 Å². The summed E-state index contributed by atoms with van der Waals surface area (Å²) in [6, 6.07) is 0. The van der Waals surface area contributed by atoms with Crippen LogP contribution in [0.25, 0.3) is 10.8 Å². The van der Waals surface area contributed by atoms with Crippen molar-refractivity contribution in [2.24, 2.45) is 0 Å². The molecular formula is C40H48O4. The quantitative estimate of drug-likeness (QED) is 0.175. The van der Waals surface area contributed by atoms with Gasteiger partial charge in [-0.3, -0.25) is 0 Å². The third-order valence-corrected chi connectivity index (χ3v) is 11.0. The Balaban J connectivity index is 1.88. The minimum absolute atomic E-state index is 0.331. The SMILES string of the molecule is Cc1c(C)c(C)c(C(=O)Oc2c(C)c(C)c3c(C)c(OC(=O)c4c(C)c(C)c(C)c(C)c4C)c(C)c(C)c3c2C)c(C)c1C. The monoisotopic (exact) mass is 592 g/mol. The molecular weight excluding hydrogens is 544 g/mol. The lowest BCUT2D eigenvalue weighted by atomic mass is 9.87. The first-order valence-corrected chi connectivity index (χ1v) is 15.5. The molecule has 232 valence electrons. The van der Waals surface area contributed by atoms with Gasteiger partial charge in [-0.2, -0.15) is 0 Å². The van der Waals surface area contributed by atoms with Gasteiger partial charge in [-0.15, -0.1) is 0 Å². The number of ether oxygens (including phenoxy) is 2. The number of hydrogen-bond acceptors (Lipinski definition) is 4. The van der Waals surface area contributed by atoms with Crippen LogP contribution in [0.15, 0.2) is 0 Å². The van der Waals surface area contributed by atoms with Gasteiger partial charge < -0.3 is 9.47 Å². The fourth-order valence-corrected chi connectivity index (χ4v) is 7.02. The van der Waals surface area contributed by atoms with E-state index in [1.54, 1.807) is 0 Å². The van der Waals surface area contributed by atoms with Gasteiger partial charge >= 0.3 is 11.9 Å². The minimum atomic E-state index is -0.331. The molecule has 0 N–H and O–H groups in total. The molecule has 0 aliphatic carbocycles. The summed E-state index contributed by atoms with van der Waals surface area (Å²) < 4.78 is 12.6. The van der Waals surface area contributed by atoms with E-state index in [-0.39, 0.29) is 11.9 Å². The summed E-state index contributed by atoms with van der Waals surface area (Å²) in [4.78, 5) is 27.6. The van der Waals surface area contributed by atoms with Crippen LogP contribution in [-0.2, 0) is 0 Å². The summed E-state index contributed by atoms with van der Waals surface area (Å²) in [5.74, 6) is 0.529. The van der Waals surface area contributed by atoms with Crippen molar-refractivity contribution in [3.63, 3.8) is 0 Å². The molecule has 0 unspecified atom stereocenters. The molecule has 0 saturated heterocycles. The molecule has 0 aliphatic rings. The number of benzene rings is 4. The van der Waals surface area contributed by atoms with Crippen molar-refractivity contribution in [1.29, 1.82) is 0 Å². The summed E-state index contributed by atoms with van der Waals surface area (Å²) in [5, 5.41) is 2.06. The van der Waals surface area contributed by atoms with E-state index in [1.165, 1.54) is 11.1 Å². The van der Waals surface area contributed by atoms with Crippen LogP contribution in [0.5, 0.6) is 11.5 Å². The summed E-state index contributed by atoms with van der Waals surface area (Å²) in [6.45, 7) is 32.6. The van der Waals surface area contributed by atoms with E-state index in [9.17, 15) is 9.59 Å². The first-order valence-electron chi connectivity index (χ1n) is 15.5. The number of esters is 2. The first-order chi connectivity index (χ1) is 20.4. The van der Waals surface area contributed by atoms with E-state index < -0.39 is 0 Å². The Morgan fingerprint density at radius 1 is 0.295 bits per heavy atom. The second kappa shape index (κ2) is 11.5. The predicted molar refractivity (Wildman–Crippen MR) is 183 cm³/mol. The van der Waals surface area contributed by atoms with Crippen molar-refractivity contribution in [2.75, 3.05) is 0 Å². The lowest BCUT2D eigenvalue weighted by Gasteiger charge is -2.24. The minimum Gasteiger partial charge on any atom is -0.422 e. The third-order valence-electron chi connectivity index (χ3n) is 11.0. The zero-order chi connectivity index (χ0) is 33.3. The summed E-state index contributed by atoms with van der Waals surface area (Å²) >= 11 is 0. The number of carbonyl (C=O) groups excluding carboxylic acids is 2. The van der Waals surface area contributed by atoms with Crippen molar-refractivity contribution >= 4 is 22.7 Å². The smallest absolute Gasteiger partial charge is 0.344 e. The first kappa shape index (κ1) is 33.0. The fraction of sp³-hybridized carbons (Fsp3) is 0.400. The molecule has 0 aliphatic heterocycles. The number of aryl methyl sites for hydroxylation is 4. The highest BCUT2D eigenvalue weighted by molar-refractivity contribution is 6.02. The number of carbonyl (C=O) groups is 2. The van der Waals surface area contributed by atoms with Gasteiger partial charge in [0.1, 0.15) is 11.5 Å². The highest BCUT2D eigenvalue weighted by Crippen LogP contribution is 2.44. The Labute approximate surface area is 263 Å². The van der Waals surface area contributed by atoms with Crippen LogP contribution >= 0.6 is 0 Å². The molecule has 0 spiro atoms. The highest BCUT2D eigenvalue weighted by atomic mass is 16.5. The van der Waals surface area contributed by atoms with E-state index in [1.807, 2.05) is 55.4 Å². The Morgan fingerprint density at radius 3 is 0.773 bits per heavy atom. The van der Waals surface area contributed by atoms with E-state index in [2.05, 4.69) is 55.4 Å². The normalized spacial score (nSPS) is 11.4. The molecule has 4 aromatic rings. The maximum Gasteiger partial charge on any atom is 0.344 e. The molecule has 0 heterocycles. The van der Waals surface area contributed by atoms with Crippen LogP contribution in [0.2, 0.25) is 0 Å². The summed E-state index contributed by atoms with van der Waals surface area (Å²) in [7, 11) is 0. The molecule has 0 amide bonds. The van der Waals surface area contributed by atoms with Gasteiger partial charge in [0.15, 0.2) is 0 Å². The van der Waals surface area contributed by atoms with Crippen LogP contribution in [0.4, 0.5) is 0 Å². The molecule has 4 aromatic carbocycles. The second-order valence-electron chi connectivity index (χ2n) is 12.9. The Bertz CT molecular complexity index is 1740. The Morgan fingerprint density at radius 2 is 0.523 bits per heavy atom.